The minimum Gasteiger partial charge on any atom is -0.337 e. The second-order valence-electron chi connectivity index (χ2n) is 4.11. The van der Waals surface area contributed by atoms with Crippen molar-refractivity contribution < 1.29 is 0 Å². The van der Waals surface area contributed by atoms with Crippen LogP contribution >= 0.6 is 46.4 Å². The quantitative estimate of drug-likeness (QED) is 0.721. The van der Waals surface area contributed by atoms with Gasteiger partial charge < -0.3 is 5.32 Å². The van der Waals surface area contributed by atoms with E-state index in [1.54, 1.807) is 19.1 Å². The van der Waals surface area contributed by atoms with Gasteiger partial charge >= 0.3 is 0 Å². The summed E-state index contributed by atoms with van der Waals surface area (Å²) in [5.41, 5.74) is 1.35. The molecule has 1 N–H and O–H groups in total. The first kappa shape index (κ1) is 15.6. The van der Waals surface area contributed by atoms with Crippen LogP contribution in [0.25, 0.3) is 0 Å². The second kappa shape index (κ2) is 6.35. The summed E-state index contributed by atoms with van der Waals surface area (Å²) >= 11 is 24.3. The SMILES string of the molecule is CCc1c(Cl)nc(C)nc1Nc1c(Cl)cc(Cl)cc1Cl. The lowest BCUT2D eigenvalue weighted by Gasteiger charge is -2.14. The number of halogens is 4. The molecule has 0 unspecified atom stereocenters. The van der Waals surface area contributed by atoms with E-state index in [2.05, 4.69) is 15.3 Å². The molecule has 2 aromatic rings. The molecule has 0 aliphatic carbocycles. The molecule has 0 fully saturated rings. The Morgan fingerprint density at radius 1 is 1.05 bits per heavy atom. The summed E-state index contributed by atoms with van der Waals surface area (Å²) in [5, 5.41) is 4.83. The van der Waals surface area contributed by atoms with Crippen LogP contribution in [0, 0.1) is 6.92 Å². The van der Waals surface area contributed by atoms with Gasteiger partial charge in [-0.2, -0.15) is 0 Å². The van der Waals surface area contributed by atoms with E-state index < -0.39 is 0 Å². The summed E-state index contributed by atoms with van der Waals surface area (Å²) in [6, 6.07) is 3.22. The van der Waals surface area contributed by atoms with Gasteiger partial charge in [-0.05, 0) is 25.5 Å². The first-order valence-electron chi connectivity index (χ1n) is 5.87. The van der Waals surface area contributed by atoms with Crippen LogP contribution in [0.2, 0.25) is 20.2 Å². The molecule has 1 aromatic carbocycles. The maximum atomic E-state index is 6.15. The van der Waals surface area contributed by atoms with Crippen LogP contribution in [-0.4, -0.2) is 9.97 Å². The molecule has 1 aromatic heterocycles. The number of benzene rings is 1. The van der Waals surface area contributed by atoms with Gasteiger partial charge in [0.15, 0.2) is 0 Å². The fraction of sp³-hybridized carbons (Fsp3) is 0.231. The maximum Gasteiger partial charge on any atom is 0.138 e. The van der Waals surface area contributed by atoms with Gasteiger partial charge in [0.25, 0.3) is 0 Å². The topological polar surface area (TPSA) is 37.8 Å². The van der Waals surface area contributed by atoms with E-state index >= 15 is 0 Å². The standard InChI is InChI=1S/C13H11Cl4N3/c1-3-8-12(17)18-6(2)19-13(8)20-11-9(15)4-7(14)5-10(11)16/h4-5H,3H2,1-2H3,(H,18,19,20). The average Bonchev–Trinajstić information content (AvgIpc) is 2.33. The largest absolute Gasteiger partial charge is 0.337 e. The van der Waals surface area contributed by atoms with Crippen LogP contribution in [0.4, 0.5) is 11.5 Å². The third-order valence-corrected chi connectivity index (χ3v) is 3.80. The van der Waals surface area contributed by atoms with Gasteiger partial charge in [0.05, 0.1) is 15.7 Å². The molecular weight excluding hydrogens is 340 g/mol. The molecule has 20 heavy (non-hydrogen) atoms. The Kier molecular flexibility index (Phi) is 4.97. The van der Waals surface area contributed by atoms with Crippen molar-refractivity contribution in [3.63, 3.8) is 0 Å². The summed E-state index contributed by atoms with van der Waals surface area (Å²) in [7, 11) is 0. The van der Waals surface area contributed by atoms with Crippen molar-refractivity contribution in [2.75, 3.05) is 5.32 Å². The van der Waals surface area contributed by atoms with Gasteiger partial charge in [-0.3, -0.25) is 0 Å². The molecule has 3 nitrogen and oxygen atoms in total. The highest BCUT2D eigenvalue weighted by Crippen LogP contribution is 2.36. The fourth-order valence-electron chi connectivity index (χ4n) is 1.76. The lowest BCUT2D eigenvalue weighted by molar-refractivity contribution is 0.996. The predicted molar refractivity (Wildman–Crippen MR) is 85.9 cm³/mol. The highest BCUT2D eigenvalue weighted by atomic mass is 35.5. The van der Waals surface area contributed by atoms with Gasteiger partial charge in [-0.25, -0.2) is 9.97 Å². The number of hydrogen-bond acceptors (Lipinski definition) is 3. The summed E-state index contributed by atoms with van der Waals surface area (Å²) in [5.74, 6) is 1.16. The third-order valence-electron chi connectivity index (χ3n) is 2.67. The summed E-state index contributed by atoms with van der Waals surface area (Å²) in [6.45, 7) is 3.73. The van der Waals surface area contributed by atoms with Gasteiger partial charge in [-0.15, -0.1) is 0 Å². The molecule has 7 heteroatoms. The number of hydrogen-bond donors (Lipinski definition) is 1. The van der Waals surface area contributed by atoms with E-state index in [1.165, 1.54) is 0 Å². The molecule has 0 saturated heterocycles. The molecule has 1 heterocycles. The minimum absolute atomic E-state index is 0.414. The second-order valence-corrected chi connectivity index (χ2v) is 5.72. The van der Waals surface area contributed by atoms with Crippen molar-refractivity contribution in [3.8, 4) is 0 Å². The lowest BCUT2D eigenvalue weighted by Crippen LogP contribution is -2.04. The summed E-state index contributed by atoms with van der Waals surface area (Å²) in [6.07, 6.45) is 0.685. The monoisotopic (exact) mass is 349 g/mol. The molecular formula is C13H11Cl4N3. The van der Waals surface area contributed by atoms with Gasteiger partial charge in [0, 0.05) is 10.6 Å². The number of nitrogens with zero attached hydrogens (tertiary/aromatic N) is 2. The fourth-order valence-corrected chi connectivity index (χ4v) is 3.02. The van der Waals surface area contributed by atoms with Crippen LogP contribution in [0.1, 0.15) is 18.3 Å². The van der Waals surface area contributed by atoms with Crippen LogP contribution < -0.4 is 5.32 Å². The zero-order valence-electron chi connectivity index (χ0n) is 10.8. The van der Waals surface area contributed by atoms with Crippen LogP contribution in [0.15, 0.2) is 12.1 Å². The molecule has 2 rings (SSSR count). The van der Waals surface area contributed by atoms with Crippen molar-refractivity contribution >= 4 is 57.9 Å². The van der Waals surface area contributed by atoms with Gasteiger partial charge in [0.2, 0.25) is 0 Å². The molecule has 106 valence electrons. The summed E-state index contributed by atoms with van der Waals surface area (Å²) in [4.78, 5) is 8.48. The molecule has 0 saturated carbocycles. The Bertz CT molecular complexity index is 635. The zero-order valence-corrected chi connectivity index (χ0v) is 13.8. The Balaban J connectivity index is 2.50. The smallest absolute Gasteiger partial charge is 0.138 e. The first-order chi connectivity index (χ1) is 9.42. The van der Waals surface area contributed by atoms with Gasteiger partial charge in [0.1, 0.15) is 16.8 Å². The third kappa shape index (κ3) is 3.29. The lowest BCUT2D eigenvalue weighted by atomic mass is 10.2. The highest BCUT2D eigenvalue weighted by molar-refractivity contribution is 6.41. The van der Waals surface area contributed by atoms with E-state index in [1.807, 2.05) is 6.92 Å². The Morgan fingerprint density at radius 3 is 2.20 bits per heavy atom. The molecule has 0 radical (unpaired) electrons. The van der Waals surface area contributed by atoms with E-state index in [9.17, 15) is 0 Å². The number of anilines is 2. The number of rotatable bonds is 3. The minimum atomic E-state index is 0.414. The predicted octanol–water partition coefficient (Wildman–Crippen LogP) is 5.70. The first-order valence-corrected chi connectivity index (χ1v) is 7.38. The van der Waals surface area contributed by atoms with Crippen molar-refractivity contribution in [2.45, 2.75) is 20.3 Å². The van der Waals surface area contributed by atoms with Crippen LogP contribution in [0.5, 0.6) is 0 Å². The van der Waals surface area contributed by atoms with E-state index in [0.29, 0.717) is 44.0 Å². The van der Waals surface area contributed by atoms with Gasteiger partial charge in [-0.1, -0.05) is 53.3 Å². The molecule has 0 spiro atoms. The van der Waals surface area contributed by atoms with E-state index in [0.717, 1.165) is 5.56 Å². The van der Waals surface area contributed by atoms with Crippen molar-refractivity contribution in [2.24, 2.45) is 0 Å². The Hall–Kier alpha value is -0.740. The van der Waals surface area contributed by atoms with Crippen LogP contribution in [-0.2, 0) is 6.42 Å². The molecule has 0 atom stereocenters. The number of aromatic nitrogens is 2. The number of aryl methyl sites for hydroxylation is 1. The molecule has 0 bridgehead atoms. The molecule has 0 aliphatic heterocycles. The number of nitrogens with one attached hydrogen (secondary N) is 1. The van der Waals surface area contributed by atoms with Crippen molar-refractivity contribution in [1.29, 1.82) is 0 Å². The Labute approximate surface area is 137 Å². The average molecular weight is 351 g/mol. The van der Waals surface area contributed by atoms with Crippen molar-refractivity contribution in [3.05, 3.63) is 43.7 Å². The molecule has 0 amide bonds. The highest BCUT2D eigenvalue weighted by Gasteiger charge is 2.14. The summed E-state index contributed by atoms with van der Waals surface area (Å²) < 4.78 is 0. The van der Waals surface area contributed by atoms with Crippen molar-refractivity contribution in [1.82, 2.24) is 9.97 Å². The normalized spacial score (nSPS) is 10.7. The van der Waals surface area contributed by atoms with E-state index in [4.69, 9.17) is 46.4 Å². The van der Waals surface area contributed by atoms with Crippen LogP contribution in [0.3, 0.4) is 0 Å². The van der Waals surface area contributed by atoms with E-state index in [-0.39, 0.29) is 0 Å². The molecule has 0 aliphatic rings. The zero-order chi connectivity index (χ0) is 14.9. The maximum absolute atomic E-state index is 6.15. The Morgan fingerprint density at radius 2 is 1.65 bits per heavy atom.